The van der Waals surface area contributed by atoms with Gasteiger partial charge in [-0.2, -0.15) is 0 Å². The number of amides is 1. The number of carbonyl (C=O) groups is 1. The van der Waals surface area contributed by atoms with Gasteiger partial charge in [-0.25, -0.2) is 0 Å². The number of rotatable bonds is 1. The maximum Gasteiger partial charge on any atom is 0.248 e. The third-order valence-electron chi connectivity index (χ3n) is 1.30. The van der Waals surface area contributed by atoms with Crippen molar-refractivity contribution in [3.05, 3.63) is 35.4 Å². The number of hydrogen-bond donors (Lipinski definition) is 1. The number of hydrogen-bond acceptors (Lipinski definition) is 2. The van der Waals surface area contributed by atoms with Gasteiger partial charge in [0.1, 0.15) is 0 Å². The summed E-state index contributed by atoms with van der Waals surface area (Å²) in [7, 11) is 6.00. The standard InChI is InChI=1S/C8H9NO.C3H9N/c1-6-3-2-4-7(5-6)8(9)10;1-4(2)3/h2-5H,1H3,(H2,9,10);1-3H3. The van der Waals surface area contributed by atoms with E-state index in [1.165, 1.54) is 0 Å². The molecule has 0 atom stereocenters. The lowest BCUT2D eigenvalue weighted by Crippen LogP contribution is -2.10. The van der Waals surface area contributed by atoms with Crippen molar-refractivity contribution in [1.29, 1.82) is 0 Å². The largest absolute Gasteiger partial charge is 0.366 e. The van der Waals surface area contributed by atoms with Gasteiger partial charge in [0.05, 0.1) is 0 Å². The van der Waals surface area contributed by atoms with E-state index in [-0.39, 0.29) is 5.91 Å². The Balaban J connectivity index is 0.000000364. The average Bonchev–Trinajstić information content (AvgIpc) is 2.03. The van der Waals surface area contributed by atoms with Crippen LogP contribution < -0.4 is 5.73 Å². The van der Waals surface area contributed by atoms with E-state index in [0.717, 1.165) is 5.56 Å². The lowest BCUT2D eigenvalue weighted by Gasteiger charge is -1.94. The first kappa shape index (κ1) is 12.7. The summed E-state index contributed by atoms with van der Waals surface area (Å²) in [6.45, 7) is 1.92. The molecule has 0 saturated carbocycles. The first-order valence-electron chi connectivity index (χ1n) is 4.41. The third-order valence-corrected chi connectivity index (χ3v) is 1.30. The highest BCUT2D eigenvalue weighted by atomic mass is 16.1. The summed E-state index contributed by atoms with van der Waals surface area (Å²) in [6, 6.07) is 7.21. The van der Waals surface area contributed by atoms with Crippen LogP contribution in [0.5, 0.6) is 0 Å². The van der Waals surface area contributed by atoms with Gasteiger partial charge in [-0.3, -0.25) is 4.79 Å². The minimum Gasteiger partial charge on any atom is -0.366 e. The second kappa shape index (κ2) is 6.16. The minimum atomic E-state index is -0.372. The van der Waals surface area contributed by atoms with E-state index < -0.39 is 0 Å². The van der Waals surface area contributed by atoms with E-state index in [4.69, 9.17) is 5.73 Å². The predicted octanol–water partition coefficient (Wildman–Crippen LogP) is 1.27. The lowest BCUT2D eigenvalue weighted by molar-refractivity contribution is 0.1000. The molecule has 0 bridgehead atoms. The lowest BCUT2D eigenvalue weighted by atomic mass is 10.1. The Morgan fingerprint density at radius 1 is 1.29 bits per heavy atom. The molecule has 0 saturated heterocycles. The molecule has 1 rings (SSSR count). The Morgan fingerprint density at radius 2 is 1.79 bits per heavy atom. The first-order valence-corrected chi connectivity index (χ1v) is 4.41. The highest BCUT2D eigenvalue weighted by molar-refractivity contribution is 5.92. The number of carbonyl (C=O) groups excluding carboxylic acids is 1. The summed E-state index contributed by atoms with van der Waals surface area (Å²) in [4.78, 5) is 12.6. The van der Waals surface area contributed by atoms with Gasteiger partial charge in [-0.15, -0.1) is 0 Å². The van der Waals surface area contributed by atoms with Crippen LogP contribution in [0.4, 0.5) is 0 Å². The molecular formula is C11H18N2O. The van der Waals surface area contributed by atoms with Crippen molar-refractivity contribution in [3.63, 3.8) is 0 Å². The smallest absolute Gasteiger partial charge is 0.248 e. The van der Waals surface area contributed by atoms with E-state index in [0.29, 0.717) is 5.56 Å². The monoisotopic (exact) mass is 194 g/mol. The van der Waals surface area contributed by atoms with E-state index >= 15 is 0 Å². The molecule has 0 aliphatic carbocycles. The number of nitrogens with zero attached hydrogens (tertiary/aromatic N) is 1. The molecule has 0 aliphatic heterocycles. The van der Waals surface area contributed by atoms with Crippen LogP contribution in [0, 0.1) is 6.92 Å². The van der Waals surface area contributed by atoms with Crippen molar-refractivity contribution in [2.75, 3.05) is 21.1 Å². The van der Waals surface area contributed by atoms with Gasteiger partial charge in [0, 0.05) is 5.56 Å². The molecule has 14 heavy (non-hydrogen) atoms. The maximum absolute atomic E-state index is 10.6. The molecule has 78 valence electrons. The second-order valence-electron chi connectivity index (χ2n) is 3.58. The van der Waals surface area contributed by atoms with Crippen molar-refractivity contribution in [2.45, 2.75) is 6.92 Å². The fourth-order valence-corrected chi connectivity index (χ4v) is 0.798. The van der Waals surface area contributed by atoms with Gasteiger partial charge in [0.25, 0.3) is 0 Å². The molecule has 0 aromatic heterocycles. The SMILES string of the molecule is CN(C)C.Cc1cccc(C(N)=O)c1. The van der Waals surface area contributed by atoms with Crippen molar-refractivity contribution in [3.8, 4) is 0 Å². The molecule has 1 aromatic carbocycles. The Bertz CT molecular complexity index is 292. The van der Waals surface area contributed by atoms with Crippen molar-refractivity contribution >= 4 is 5.91 Å². The van der Waals surface area contributed by atoms with Crippen LogP contribution in [-0.4, -0.2) is 32.0 Å². The molecular weight excluding hydrogens is 176 g/mol. The number of nitrogens with two attached hydrogens (primary N) is 1. The Hall–Kier alpha value is -1.35. The molecule has 0 unspecified atom stereocenters. The molecule has 1 aromatic rings. The molecule has 0 fully saturated rings. The molecule has 2 N–H and O–H groups in total. The van der Waals surface area contributed by atoms with Crippen LogP contribution in [0.25, 0.3) is 0 Å². The van der Waals surface area contributed by atoms with Crippen LogP contribution in [0.15, 0.2) is 24.3 Å². The van der Waals surface area contributed by atoms with Crippen LogP contribution in [0.1, 0.15) is 15.9 Å². The van der Waals surface area contributed by atoms with Crippen molar-refractivity contribution in [2.24, 2.45) is 5.73 Å². The molecule has 0 radical (unpaired) electrons. The highest BCUT2D eigenvalue weighted by Crippen LogP contribution is 2.01. The van der Waals surface area contributed by atoms with Gasteiger partial charge >= 0.3 is 0 Å². The summed E-state index contributed by atoms with van der Waals surface area (Å²) >= 11 is 0. The predicted molar refractivity (Wildman–Crippen MR) is 59.3 cm³/mol. The molecule has 3 nitrogen and oxygen atoms in total. The second-order valence-corrected chi connectivity index (χ2v) is 3.58. The van der Waals surface area contributed by atoms with E-state index in [1.807, 2.05) is 45.1 Å². The zero-order valence-electron chi connectivity index (χ0n) is 9.24. The molecule has 0 spiro atoms. The van der Waals surface area contributed by atoms with E-state index in [2.05, 4.69) is 0 Å². The van der Waals surface area contributed by atoms with Crippen LogP contribution in [-0.2, 0) is 0 Å². The van der Waals surface area contributed by atoms with E-state index in [9.17, 15) is 4.79 Å². The van der Waals surface area contributed by atoms with Gasteiger partial charge in [-0.1, -0.05) is 17.7 Å². The third kappa shape index (κ3) is 6.20. The van der Waals surface area contributed by atoms with Gasteiger partial charge in [-0.05, 0) is 40.2 Å². The first-order chi connectivity index (χ1) is 6.43. The summed E-state index contributed by atoms with van der Waals surface area (Å²) in [5.41, 5.74) is 6.67. The summed E-state index contributed by atoms with van der Waals surface area (Å²) in [6.07, 6.45) is 0. The summed E-state index contributed by atoms with van der Waals surface area (Å²) in [5.74, 6) is -0.372. The number of benzene rings is 1. The Kier molecular flexibility index (Phi) is 5.56. The highest BCUT2D eigenvalue weighted by Gasteiger charge is 1.96. The normalized spacial score (nSPS) is 9.21. The quantitative estimate of drug-likeness (QED) is 0.732. The Morgan fingerprint density at radius 3 is 2.07 bits per heavy atom. The molecule has 0 aliphatic rings. The minimum absolute atomic E-state index is 0.372. The van der Waals surface area contributed by atoms with E-state index in [1.54, 1.807) is 12.1 Å². The topological polar surface area (TPSA) is 46.3 Å². The number of aryl methyl sites for hydroxylation is 1. The fraction of sp³-hybridized carbons (Fsp3) is 0.364. The fourth-order valence-electron chi connectivity index (χ4n) is 0.798. The van der Waals surface area contributed by atoms with Crippen LogP contribution in [0.2, 0.25) is 0 Å². The van der Waals surface area contributed by atoms with Gasteiger partial charge in [0.15, 0.2) is 0 Å². The zero-order chi connectivity index (χ0) is 11.1. The van der Waals surface area contributed by atoms with Crippen LogP contribution in [0.3, 0.4) is 0 Å². The van der Waals surface area contributed by atoms with Crippen LogP contribution >= 0.6 is 0 Å². The maximum atomic E-state index is 10.6. The summed E-state index contributed by atoms with van der Waals surface area (Å²) < 4.78 is 0. The number of primary amides is 1. The van der Waals surface area contributed by atoms with Gasteiger partial charge in [0.2, 0.25) is 5.91 Å². The summed E-state index contributed by atoms with van der Waals surface area (Å²) in [5, 5.41) is 0. The zero-order valence-corrected chi connectivity index (χ0v) is 9.24. The molecule has 3 heteroatoms. The van der Waals surface area contributed by atoms with Crippen molar-refractivity contribution in [1.82, 2.24) is 4.90 Å². The molecule has 0 heterocycles. The van der Waals surface area contributed by atoms with Crippen molar-refractivity contribution < 1.29 is 4.79 Å². The Labute approximate surface area is 85.5 Å². The average molecular weight is 194 g/mol. The van der Waals surface area contributed by atoms with Gasteiger partial charge < -0.3 is 10.6 Å². The molecule has 1 amide bonds.